The summed E-state index contributed by atoms with van der Waals surface area (Å²) in [7, 11) is 0. The number of nitrogens with zero attached hydrogens (tertiary/aromatic N) is 2. The van der Waals surface area contributed by atoms with Gasteiger partial charge in [-0.25, -0.2) is 4.98 Å². The summed E-state index contributed by atoms with van der Waals surface area (Å²) in [4.78, 5) is 16.0. The number of rotatable bonds is 4. The van der Waals surface area contributed by atoms with Crippen LogP contribution >= 0.6 is 11.6 Å². The number of halogens is 4. The van der Waals surface area contributed by atoms with Crippen LogP contribution in [0.2, 0.25) is 5.02 Å². The van der Waals surface area contributed by atoms with Gasteiger partial charge in [-0.2, -0.15) is 13.2 Å². The minimum Gasteiger partial charge on any atom is -0.322 e. The first-order chi connectivity index (χ1) is 12.8. The highest BCUT2D eigenvalue weighted by atomic mass is 35.5. The van der Waals surface area contributed by atoms with E-state index in [2.05, 4.69) is 10.3 Å². The molecule has 0 aliphatic heterocycles. The summed E-state index contributed by atoms with van der Waals surface area (Å²) < 4.78 is 41.6. The smallest absolute Gasteiger partial charge is 0.322 e. The van der Waals surface area contributed by atoms with Crippen LogP contribution in [-0.2, 0) is 4.79 Å². The number of carbonyl (C=O) groups excluding carboxylic acids is 1. The van der Waals surface area contributed by atoms with Crippen molar-refractivity contribution in [1.29, 1.82) is 0 Å². The molecule has 0 saturated carbocycles. The lowest BCUT2D eigenvalue weighted by molar-refractivity contribution is -0.112. The van der Waals surface area contributed by atoms with Crippen molar-refractivity contribution in [2.75, 3.05) is 5.32 Å². The number of hydrogen-bond acceptors (Lipinski definition) is 2. The molecule has 1 aromatic heterocycles. The van der Waals surface area contributed by atoms with E-state index in [4.69, 9.17) is 11.6 Å². The fourth-order valence-electron chi connectivity index (χ4n) is 2.45. The Kier molecular flexibility index (Phi) is 5.32. The Balaban J connectivity index is 1.84. The number of anilines is 1. The van der Waals surface area contributed by atoms with Crippen LogP contribution in [0.25, 0.3) is 11.3 Å². The SMILES string of the molecule is O=C(/C=C(/c1ccccc1)C(F)(F)F)Nc1ccc(-n2ccnc2)c(Cl)c1. The highest BCUT2D eigenvalue weighted by Gasteiger charge is 2.35. The molecule has 0 fully saturated rings. The molecule has 4 nitrogen and oxygen atoms in total. The minimum absolute atomic E-state index is 0.0892. The molecule has 2 aromatic carbocycles. The molecule has 0 bridgehead atoms. The summed E-state index contributed by atoms with van der Waals surface area (Å²) in [5.41, 5.74) is -0.210. The third kappa shape index (κ3) is 4.57. The lowest BCUT2D eigenvalue weighted by atomic mass is 10.1. The van der Waals surface area contributed by atoms with E-state index in [0.29, 0.717) is 16.8 Å². The van der Waals surface area contributed by atoms with Crippen LogP contribution in [0.1, 0.15) is 5.56 Å². The summed E-state index contributed by atoms with van der Waals surface area (Å²) in [6.45, 7) is 0. The van der Waals surface area contributed by atoms with Gasteiger partial charge in [0.1, 0.15) is 0 Å². The molecule has 1 amide bonds. The number of aromatic nitrogens is 2. The number of allylic oxidation sites excluding steroid dienone is 1. The molecule has 138 valence electrons. The van der Waals surface area contributed by atoms with Crippen LogP contribution in [0.3, 0.4) is 0 Å². The average Bonchev–Trinajstić information content (AvgIpc) is 3.14. The van der Waals surface area contributed by atoms with Crippen molar-refractivity contribution in [1.82, 2.24) is 9.55 Å². The van der Waals surface area contributed by atoms with Gasteiger partial charge in [-0.1, -0.05) is 41.9 Å². The predicted molar refractivity (Wildman–Crippen MR) is 97.7 cm³/mol. The normalized spacial score (nSPS) is 12.1. The van der Waals surface area contributed by atoms with E-state index >= 15 is 0 Å². The second-order valence-electron chi connectivity index (χ2n) is 5.55. The zero-order chi connectivity index (χ0) is 19.4. The van der Waals surface area contributed by atoms with Crippen LogP contribution in [0.5, 0.6) is 0 Å². The van der Waals surface area contributed by atoms with Crippen LogP contribution < -0.4 is 5.32 Å². The molecule has 1 N–H and O–H groups in total. The maximum absolute atomic E-state index is 13.3. The molecule has 1 heterocycles. The fraction of sp³-hybridized carbons (Fsp3) is 0.0526. The summed E-state index contributed by atoms with van der Waals surface area (Å²) in [6.07, 6.45) is 0.697. The maximum Gasteiger partial charge on any atom is 0.417 e. The molecule has 0 radical (unpaired) electrons. The van der Waals surface area contributed by atoms with Crippen LogP contribution in [0, 0.1) is 0 Å². The zero-order valence-electron chi connectivity index (χ0n) is 13.7. The van der Waals surface area contributed by atoms with Crippen molar-refractivity contribution < 1.29 is 18.0 Å². The van der Waals surface area contributed by atoms with E-state index in [9.17, 15) is 18.0 Å². The summed E-state index contributed by atoms with van der Waals surface area (Å²) in [5, 5.41) is 2.72. The van der Waals surface area contributed by atoms with Crippen LogP contribution in [-0.4, -0.2) is 21.6 Å². The summed E-state index contributed by atoms with van der Waals surface area (Å²) in [6, 6.07) is 11.8. The lowest BCUT2D eigenvalue weighted by Crippen LogP contribution is -2.16. The third-order valence-electron chi connectivity index (χ3n) is 3.66. The van der Waals surface area contributed by atoms with Gasteiger partial charge in [0.05, 0.1) is 22.6 Å². The quantitative estimate of drug-likeness (QED) is 0.628. The number of nitrogens with one attached hydrogen (secondary N) is 1. The van der Waals surface area contributed by atoms with Crippen molar-refractivity contribution in [3.8, 4) is 5.69 Å². The van der Waals surface area contributed by atoms with E-state index in [0.717, 1.165) is 0 Å². The minimum atomic E-state index is -4.67. The zero-order valence-corrected chi connectivity index (χ0v) is 14.5. The number of amides is 1. The van der Waals surface area contributed by atoms with Crippen molar-refractivity contribution in [3.05, 3.63) is 83.9 Å². The van der Waals surface area contributed by atoms with Gasteiger partial charge in [-0.15, -0.1) is 0 Å². The lowest BCUT2D eigenvalue weighted by Gasteiger charge is -2.12. The van der Waals surface area contributed by atoms with Gasteiger partial charge in [0.2, 0.25) is 5.91 Å². The number of alkyl halides is 3. The molecule has 0 aliphatic carbocycles. The Morgan fingerprint density at radius 1 is 1.15 bits per heavy atom. The first-order valence-corrected chi connectivity index (χ1v) is 8.15. The average molecular weight is 392 g/mol. The van der Waals surface area contributed by atoms with Crippen molar-refractivity contribution >= 4 is 28.8 Å². The molecular formula is C19H13ClF3N3O. The second kappa shape index (κ2) is 7.67. The van der Waals surface area contributed by atoms with Gasteiger partial charge >= 0.3 is 6.18 Å². The van der Waals surface area contributed by atoms with E-state index in [-0.39, 0.29) is 11.3 Å². The largest absolute Gasteiger partial charge is 0.417 e. The number of hydrogen-bond donors (Lipinski definition) is 1. The Labute approximate surface area is 157 Å². The topological polar surface area (TPSA) is 46.9 Å². The van der Waals surface area contributed by atoms with Crippen molar-refractivity contribution in [2.24, 2.45) is 0 Å². The predicted octanol–water partition coefficient (Wildman–Crippen LogP) is 5.11. The Morgan fingerprint density at radius 3 is 2.48 bits per heavy atom. The van der Waals surface area contributed by atoms with Gasteiger partial charge in [0.25, 0.3) is 0 Å². The molecular weight excluding hydrogens is 379 g/mol. The third-order valence-corrected chi connectivity index (χ3v) is 3.97. The molecule has 0 unspecified atom stereocenters. The summed E-state index contributed by atoms with van der Waals surface area (Å²) >= 11 is 6.18. The highest BCUT2D eigenvalue weighted by molar-refractivity contribution is 6.32. The Morgan fingerprint density at radius 2 is 1.89 bits per heavy atom. The van der Waals surface area contributed by atoms with E-state index in [1.807, 2.05) is 0 Å². The Bertz CT molecular complexity index is 968. The van der Waals surface area contributed by atoms with Gasteiger partial charge in [-0.05, 0) is 23.8 Å². The van der Waals surface area contributed by atoms with E-state index in [1.54, 1.807) is 41.5 Å². The van der Waals surface area contributed by atoms with Crippen molar-refractivity contribution in [2.45, 2.75) is 6.18 Å². The van der Waals surface area contributed by atoms with Gasteiger partial charge < -0.3 is 9.88 Å². The second-order valence-corrected chi connectivity index (χ2v) is 5.95. The molecule has 0 spiro atoms. The molecule has 0 aliphatic rings. The fourth-order valence-corrected chi connectivity index (χ4v) is 2.73. The van der Waals surface area contributed by atoms with Crippen LogP contribution in [0.4, 0.5) is 18.9 Å². The van der Waals surface area contributed by atoms with Crippen LogP contribution in [0.15, 0.2) is 73.3 Å². The summed E-state index contributed by atoms with van der Waals surface area (Å²) in [5.74, 6) is -0.905. The number of imidazole rings is 1. The molecule has 3 rings (SSSR count). The van der Waals surface area contributed by atoms with Gasteiger partial charge in [0, 0.05) is 24.2 Å². The molecule has 27 heavy (non-hydrogen) atoms. The molecule has 3 aromatic rings. The van der Waals surface area contributed by atoms with Gasteiger partial charge in [0.15, 0.2) is 0 Å². The maximum atomic E-state index is 13.3. The van der Waals surface area contributed by atoms with E-state index in [1.165, 1.54) is 30.3 Å². The number of benzene rings is 2. The number of carbonyl (C=O) groups is 1. The van der Waals surface area contributed by atoms with E-state index < -0.39 is 17.7 Å². The Hall–Kier alpha value is -3.06. The first-order valence-electron chi connectivity index (χ1n) is 7.78. The molecule has 0 saturated heterocycles. The standard InChI is InChI=1S/C19H13ClF3N3O/c20-16-10-14(6-7-17(16)26-9-8-24-12-26)25-18(27)11-15(19(21,22)23)13-4-2-1-3-5-13/h1-12H,(H,25,27)/b15-11-. The molecule has 8 heteroatoms. The van der Waals surface area contributed by atoms with Gasteiger partial charge in [-0.3, -0.25) is 4.79 Å². The molecule has 0 atom stereocenters. The first kappa shape index (κ1) is 18.7. The monoisotopic (exact) mass is 391 g/mol. The highest BCUT2D eigenvalue weighted by Crippen LogP contribution is 2.33. The van der Waals surface area contributed by atoms with Crippen molar-refractivity contribution in [3.63, 3.8) is 0 Å².